The van der Waals surface area contributed by atoms with E-state index >= 15 is 0 Å². The molecule has 0 saturated heterocycles. The first kappa shape index (κ1) is 12.8. The number of amides is 1. The first-order valence-electron chi connectivity index (χ1n) is 4.38. The molecule has 84 valence electrons. The van der Waals surface area contributed by atoms with Crippen molar-refractivity contribution >= 4 is 39.3 Å². The third kappa shape index (κ3) is 4.09. The Hall–Kier alpha value is -1.25. The van der Waals surface area contributed by atoms with Crippen LogP contribution in [0.4, 0.5) is 5.82 Å². The molecule has 0 bridgehead atoms. The van der Waals surface area contributed by atoms with Crippen LogP contribution in [0.5, 0.6) is 0 Å². The van der Waals surface area contributed by atoms with Crippen molar-refractivity contribution in [2.75, 3.05) is 18.4 Å². The summed E-state index contributed by atoms with van der Waals surface area (Å²) < 4.78 is 0.778. The molecule has 0 aliphatic heterocycles. The minimum absolute atomic E-state index is 0.0794. The quantitative estimate of drug-likeness (QED) is 0.832. The van der Waals surface area contributed by atoms with Crippen molar-refractivity contribution in [1.29, 1.82) is 0 Å². The number of aromatic nitrogens is 1. The first-order chi connectivity index (χ1) is 7.63. The zero-order chi connectivity index (χ0) is 12.0. The molecular formula is C10H9BrClN3O. The fraction of sp³-hybridized carbons (Fsp3) is 0.200. The Morgan fingerprint density at radius 1 is 1.69 bits per heavy atom. The van der Waals surface area contributed by atoms with Crippen LogP contribution in [0.1, 0.15) is 0 Å². The molecule has 1 aromatic rings. The molecule has 0 unspecified atom stereocenters. The molecule has 0 aliphatic rings. The molecule has 1 heterocycles. The lowest BCUT2D eigenvalue weighted by atomic mass is 10.4. The van der Waals surface area contributed by atoms with Gasteiger partial charge in [0.15, 0.2) is 0 Å². The summed E-state index contributed by atoms with van der Waals surface area (Å²) in [5.41, 5.74) is 0. The van der Waals surface area contributed by atoms with Crippen molar-refractivity contribution in [3.8, 4) is 12.3 Å². The average Bonchev–Trinajstić information content (AvgIpc) is 2.25. The molecule has 4 nitrogen and oxygen atoms in total. The van der Waals surface area contributed by atoms with E-state index in [1.165, 1.54) is 0 Å². The molecule has 0 radical (unpaired) electrons. The summed E-state index contributed by atoms with van der Waals surface area (Å²) in [5.74, 6) is 2.56. The maximum absolute atomic E-state index is 11.2. The van der Waals surface area contributed by atoms with E-state index in [9.17, 15) is 4.79 Å². The van der Waals surface area contributed by atoms with Crippen LogP contribution in [0.25, 0.3) is 0 Å². The number of pyridine rings is 1. The third-order valence-electron chi connectivity index (χ3n) is 1.61. The third-order valence-corrected chi connectivity index (χ3v) is 2.33. The SMILES string of the molecule is C#CCNC(=O)CNc1ncc(Br)cc1Cl. The number of hydrogen-bond donors (Lipinski definition) is 2. The van der Waals surface area contributed by atoms with Crippen LogP contribution in [-0.2, 0) is 4.79 Å². The number of terminal acetylenes is 1. The van der Waals surface area contributed by atoms with Gasteiger partial charge < -0.3 is 10.6 Å². The normalized spacial score (nSPS) is 9.31. The number of nitrogens with zero attached hydrogens (tertiary/aromatic N) is 1. The molecule has 1 rings (SSSR count). The number of carbonyl (C=O) groups excluding carboxylic acids is 1. The lowest BCUT2D eigenvalue weighted by Gasteiger charge is -2.06. The smallest absolute Gasteiger partial charge is 0.240 e. The Morgan fingerprint density at radius 2 is 2.44 bits per heavy atom. The Balaban J connectivity index is 2.49. The topological polar surface area (TPSA) is 54.0 Å². The van der Waals surface area contributed by atoms with Crippen LogP contribution in [0, 0.1) is 12.3 Å². The van der Waals surface area contributed by atoms with E-state index in [0.29, 0.717) is 10.8 Å². The number of hydrogen-bond acceptors (Lipinski definition) is 3. The van der Waals surface area contributed by atoms with Gasteiger partial charge in [0.25, 0.3) is 0 Å². The molecule has 0 spiro atoms. The summed E-state index contributed by atoms with van der Waals surface area (Å²) in [5, 5.41) is 5.76. The molecule has 0 saturated carbocycles. The largest absolute Gasteiger partial charge is 0.360 e. The monoisotopic (exact) mass is 301 g/mol. The van der Waals surface area contributed by atoms with E-state index in [2.05, 4.69) is 37.5 Å². The van der Waals surface area contributed by atoms with Gasteiger partial charge in [-0.2, -0.15) is 0 Å². The predicted molar refractivity (Wildman–Crippen MR) is 67.3 cm³/mol. The first-order valence-corrected chi connectivity index (χ1v) is 5.55. The van der Waals surface area contributed by atoms with Crippen LogP contribution in [0.15, 0.2) is 16.7 Å². The minimum Gasteiger partial charge on any atom is -0.360 e. The molecule has 6 heteroatoms. The molecular weight excluding hydrogens is 293 g/mol. The fourth-order valence-corrected chi connectivity index (χ4v) is 1.62. The molecule has 0 aliphatic carbocycles. The highest BCUT2D eigenvalue weighted by Gasteiger charge is 2.04. The summed E-state index contributed by atoms with van der Waals surface area (Å²) >= 11 is 9.13. The Kier molecular flexibility index (Phi) is 5.09. The van der Waals surface area contributed by atoms with Gasteiger partial charge in [0.2, 0.25) is 5.91 Å². The molecule has 0 aromatic carbocycles. The van der Waals surface area contributed by atoms with Gasteiger partial charge in [0.05, 0.1) is 18.1 Å². The molecule has 0 fully saturated rings. The van der Waals surface area contributed by atoms with Crippen LogP contribution in [0.2, 0.25) is 5.02 Å². The second-order valence-corrected chi connectivity index (χ2v) is 4.14. The van der Waals surface area contributed by atoms with E-state index in [4.69, 9.17) is 18.0 Å². The highest BCUT2D eigenvalue weighted by atomic mass is 79.9. The van der Waals surface area contributed by atoms with Crippen molar-refractivity contribution in [2.24, 2.45) is 0 Å². The van der Waals surface area contributed by atoms with Gasteiger partial charge in [0, 0.05) is 10.7 Å². The van der Waals surface area contributed by atoms with Gasteiger partial charge in [-0.1, -0.05) is 17.5 Å². The zero-order valence-electron chi connectivity index (χ0n) is 8.26. The van der Waals surface area contributed by atoms with Crippen LogP contribution < -0.4 is 10.6 Å². The van der Waals surface area contributed by atoms with E-state index in [1.54, 1.807) is 12.3 Å². The van der Waals surface area contributed by atoms with E-state index < -0.39 is 0 Å². The Morgan fingerprint density at radius 3 is 3.06 bits per heavy atom. The van der Waals surface area contributed by atoms with Crippen molar-refractivity contribution in [3.63, 3.8) is 0 Å². The molecule has 2 N–H and O–H groups in total. The van der Waals surface area contributed by atoms with Gasteiger partial charge in [-0.25, -0.2) is 4.98 Å². The summed E-state index contributed by atoms with van der Waals surface area (Å²) in [6.45, 7) is 0.290. The fourth-order valence-electron chi connectivity index (χ4n) is 0.921. The van der Waals surface area contributed by atoms with Gasteiger partial charge in [0.1, 0.15) is 5.82 Å². The average molecular weight is 303 g/mol. The van der Waals surface area contributed by atoms with Gasteiger partial charge in [-0.15, -0.1) is 6.42 Å². The van der Waals surface area contributed by atoms with Gasteiger partial charge in [-0.05, 0) is 22.0 Å². The predicted octanol–water partition coefficient (Wildman–Crippen LogP) is 1.66. The summed E-state index contributed by atoms with van der Waals surface area (Å²) in [4.78, 5) is 15.2. The number of carbonyl (C=O) groups is 1. The number of halogens is 2. The molecule has 16 heavy (non-hydrogen) atoms. The summed E-state index contributed by atoms with van der Waals surface area (Å²) in [6.07, 6.45) is 6.59. The van der Waals surface area contributed by atoms with Gasteiger partial charge >= 0.3 is 0 Å². The number of anilines is 1. The Bertz CT molecular complexity index is 431. The molecule has 1 amide bonds. The Labute approximate surface area is 107 Å². The second kappa shape index (κ2) is 6.36. The zero-order valence-corrected chi connectivity index (χ0v) is 10.6. The van der Waals surface area contributed by atoms with E-state index in [-0.39, 0.29) is 19.0 Å². The maximum atomic E-state index is 11.2. The maximum Gasteiger partial charge on any atom is 0.240 e. The summed E-state index contributed by atoms with van der Waals surface area (Å²) in [7, 11) is 0. The standard InChI is InChI=1S/C10H9BrClN3O/c1-2-3-13-9(16)6-15-10-8(12)4-7(11)5-14-10/h1,4-5H,3,6H2,(H,13,16)(H,14,15). The van der Waals surface area contributed by atoms with Crippen molar-refractivity contribution in [2.45, 2.75) is 0 Å². The van der Waals surface area contributed by atoms with Crippen LogP contribution in [-0.4, -0.2) is 24.0 Å². The lowest BCUT2D eigenvalue weighted by Crippen LogP contribution is -2.30. The second-order valence-electron chi connectivity index (χ2n) is 2.82. The van der Waals surface area contributed by atoms with Crippen molar-refractivity contribution in [3.05, 3.63) is 21.8 Å². The lowest BCUT2D eigenvalue weighted by molar-refractivity contribution is -0.119. The van der Waals surface area contributed by atoms with Crippen LogP contribution in [0.3, 0.4) is 0 Å². The van der Waals surface area contributed by atoms with Gasteiger partial charge in [-0.3, -0.25) is 4.79 Å². The molecule has 1 aromatic heterocycles. The minimum atomic E-state index is -0.210. The molecule has 0 atom stereocenters. The number of rotatable bonds is 4. The highest BCUT2D eigenvalue weighted by Crippen LogP contribution is 2.22. The summed E-state index contributed by atoms with van der Waals surface area (Å²) in [6, 6.07) is 1.69. The highest BCUT2D eigenvalue weighted by molar-refractivity contribution is 9.10. The van der Waals surface area contributed by atoms with E-state index in [1.807, 2.05) is 0 Å². The van der Waals surface area contributed by atoms with E-state index in [0.717, 1.165) is 4.47 Å². The number of nitrogens with one attached hydrogen (secondary N) is 2. The van der Waals surface area contributed by atoms with Crippen molar-refractivity contribution < 1.29 is 4.79 Å². The van der Waals surface area contributed by atoms with Crippen LogP contribution >= 0.6 is 27.5 Å². The van der Waals surface area contributed by atoms with Crippen molar-refractivity contribution in [1.82, 2.24) is 10.3 Å².